The third-order valence-corrected chi connectivity index (χ3v) is 3.41. The molecule has 0 spiro atoms. The van der Waals surface area contributed by atoms with E-state index in [0.29, 0.717) is 13.1 Å². The maximum absolute atomic E-state index is 11.9. The minimum Gasteiger partial charge on any atom is -0.351 e. The van der Waals surface area contributed by atoms with E-state index in [1.807, 2.05) is 19.1 Å². The summed E-state index contributed by atoms with van der Waals surface area (Å²) >= 11 is 0. The molecule has 0 aliphatic carbocycles. The first kappa shape index (κ1) is 14.0. The van der Waals surface area contributed by atoms with Gasteiger partial charge < -0.3 is 10.2 Å². The molecule has 1 fully saturated rings. The maximum Gasteiger partial charge on any atom is 0.234 e. The van der Waals surface area contributed by atoms with Crippen molar-refractivity contribution in [3.05, 3.63) is 29.6 Å². The van der Waals surface area contributed by atoms with E-state index in [9.17, 15) is 4.79 Å². The van der Waals surface area contributed by atoms with Crippen LogP contribution in [0.4, 0.5) is 0 Å². The molecule has 0 radical (unpaired) electrons. The molecule has 0 aromatic carbocycles. The van der Waals surface area contributed by atoms with E-state index in [2.05, 4.69) is 27.1 Å². The number of amides is 1. The highest BCUT2D eigenvalue weighted by atomic mass is 16.2. The van der Waals surface area contributed by atoms with Gasteiger partial charge in [0.1, 0.15) is 0 Å². The van der Waals surface area contributed by atoms with E-state index >= 15 is 0 Å². The van der Waals surface area contributed by atoms with Crippen LogP contribution < -0.4 is 5.32 Å². The second kappa shape index (κ2) is 6.63. The van der Waals surface area contributed by atoms with E-state index < -0.39 is 0 Å². The normalized spacial score (nSPS) is 17.4. The zero-order valence-electron chi connectivity index (χ0n) is 11.7. The smallest absolute Gasteiger partial charge is 0.234 e. The van der Waals surface area contributed by atoms with Crippen molar-refractivity contribution in [2.45, 2.75) is 13.5 Å². The van der Waals surface area contributed by atoms with Crippen molar-refractivity contribution in [3.8, 4) is 0 Å². The summed E-state index contributed by atoms with van der Waals surface area (Å²) in [5.74, 6) is 0.0963. The van der Waals surface area contributed by atoms with Crippen molar-refractivity contribution in [3.63, 3.8) is 0 Å². The number of carbonyl (C=O) groups is 1. The molecular formula is C14H22N4O. The Labute approximate surface area is 114 Å². The van der Waals surface area contributed by atoms with Gasteiger partial charge in [0.2, 0.25) is 5.91 Å². The molecule has 0 saturated carbocycles. The van der Waals surface area contributed by atoms with Crippen LogP contribution in [0.2, 0.25) is 0 Å². The first-order chi connectivity index (χ1) is 9.13. The highest BCUT2D eigenvalue weighted by molar-refractivity contribution is 5.78. The van der Waals surface area contributed by atoms with Crippen molar-refractivity contribution in [1.29, 1.82) is 0 Å². The van der Waals surface area contributed by atoms with E-state index in [1.165, 1.54) is 0 Å². The largest absolute Gasteiger partial charge is 0.351 e. The molecule has 1 saturated heterocycles. The third-order valence-electron chi connectivity index (χ3n) is 3.41. The molecule has 0 unspecified atom stereocenters. The zero-order chi connectivity index (χ0) is 13.7. The molecule has 0 bridgehead atoms. The van der Waals surface area contributed by atoms with Crippen LogP contribution in [0.3, 0.4) is 0 Å². The molecule has 5 heteroatoms. The lowest BCUT2D eigenvalue weighted by molar-refractivity contribution is -0.122. The summed E-state index contributed by atoms with van der Waals surface area (Å²) < 4.78 is 0. The highest BCUT2D eigenvalue weighted by Gasteiger charge is 2.16. The van der Waals surface area contributed by atoms with Crippen LogP contribution in [-0.2, 0) is 11.3 Å². The number of aryl methyl sites for hydroxylation is 1. The Morgan fingerprint density at radius 2 is 2.11 bits per heavy atom. The summed E-state index contributed by atoms with van der Waals surface area (Å²) in [6.07, 6.45) is 1.78. The molecule has 1 amide bonds. The van der Waals surface area contributed by atoms with Crippen LogP contribution in [0.1, 0.15) is 11.3 Å². The quantitative estimate of drug-likeness (QED) is 0.845. The first-order valence-corrected chi connectivity index (χ1v) is 6.72. The minimum atomic E-state index is 0.0963. The first-order valence-electron chi connectivity index (χ1n) is 6.72. The fourth-order valence-corrected chi connectivity index (χ4v) is 2.18. The molecule has 1 N–H and O–H groups in total. The number of hydrogen-bond acceptors (Lipinski definition) is 4. The van der Waals surface area contributed by atoms with Crippen molar-refractivity contribution in [2.24, 2.45) is 0 Å². The average Bonchev–Trinajstić information content (AvgIpc) is 2.39. The number of carbonyl (C=O) groups excluding carboxylic acids is 1. The van der Waals surface area contributed by atoms with Crippen molar-refractivity contribution < 1.29 is 4.79 Å². The number of aromatic nitrogens is 1. The number of rotatable bonds is 4. The van der Waals surface area contributed by atoms with Crippen LogP contribution in [0.5, 0.6) is 0 Å². The maximum atomic E-state index is 11.9. The Balaban J connectivity index is 1.73. The monoisotopic (exact) mass is 262 g/mol. The van der Waals surface area contributed by atoms with Gasteiger partial charge in [-0.3, -0.25) is 14.7 Å². The topological polar surface area (TPSA) is 48.5 Å². The lowest BCUT2D eigenvalue weighted by atomic mass is 10.2. The average molecular weight is 262 g/mol. The Hall–Kier alpha value is -1.46. The number of nitrogens with one attached hydrogen (secondary N) is 1. The van der Waals surface area contributed by atoms with Crippen molar-refractivity contribution >= 4 is 5.91 Å². The summed E-state index contributed by atoms with van der Waals surface area (Å²) in [4.78, 5) is 20.5. The Kier molecular flexibility index (Phi) is 4.87. The minimum absolute atomic E-state index is 0.0963. The summed E-state index contributed by atoms with van der Waals surface area (Å²) in [7, 11) is 2.11. The molecular weight excluding hydrogens is 240 g/mol. The lowest BCUT2D eigenvalue weighted by Crippen LogP contribution is -2.48. The van der Waals surface area contributed by atoms with Crippen LogP contribution in [0.15, 0.2) is 18.3 Å². The van der Waals surface area contributed by atoms with Crippen molar-refractivity contribution in [2.75, 3.05) is 39.8 Å². The predicted octanol–water partition coefficient (Wildman–Crippen LogP) is 0.254. The van der Waals surface area contributed by atoms with Gasteiger partial charge in [-0.05, 0) is 31.7 Å². The van der Waals surface area contributed by atoms with Gasteiger partial charge in [0.15, 0.2) is 0 Å². The van der Waals surface area contributed by atoms with Gasteiger partial charge in [-0.1, -0.05) is 0 Å². The molecule has 2 rings (SSSR count). The van der Waals surface area contributed by atoms with Gasteiger partial charge in [0.05, 0.1) is 6.54 Å². The van der Waals surface area contributed by atoms with Gasteiger partial charge in [0, 0.05) is 44.6 Å². The molecule has 5 nitrogen and oxygen atoms in total. The van der Waals surface area contributed by atoms with E-state index in [-0.39, 0.29) is 5.91 Å². The van der Waals surface area contributed by atoms with E-state index in [1.54, 1.807) is 6.20 Å². The Morgan fingerprint density at radius 3 is 2.79 bits per heavy atom. The van der Waals surface area contributed by atoms with Crippen LogP contribution in [0.25, 0.3) is 0 Å². The number of nitrogens with zero attached hydrogens (tertiary/aromatic N) is 3. The number of piperazine rings is 1. The van der Waals surface area contributed by atoms with Gasteiger partial charge in [-0.15, -0.1) is 0 Å². The Morgan fingerprint density at radius 1 is 1.37 bits per heavy atom. The van der Waals surface area contributed by atoms with Crippen molar-refractivity contribution in [1.82, 2.24) is 20.1 Å². The van der Waals surface area contributed by atoms with E-state index in [4.69, 9.17) is 0 Å². The summed E-state index contributed by atoms with van der Waals surface area (Å²) in [5.41, 5.74) is 2.07. The molecule has 19 heavy (non-hydrogen) atoms. The van der Waals surface area contributed by atoms with Gasteiger partial charge in [-0.2, -0.15) is 0 Å². The summed E-state index contributed by atoms with van der Waals surface area (Å²) in [6.45, 7) is 7.05. The SMILES string of the molecule is Cc1cc(CNC(=O)CN2CCN(C)CC2)ccn1. The fourth-order valence-electron chi connectivity index (χ4n) is 2.18. The van der Waals surface area contributed by atoms with Crippen LogP contribution in [0, 0.1) is 6.92 Å². The van der Waals surface area contributed by atoms with Gasteiger partial charge >= 0.3 is 0 Å². The molecule has 1 aliphatic heterocycles. The van der Waals surface area contributed by atoms with Gasteiger partial charge in [-0.25, -0.2) is 0 Å². The third kappa shape index (κ3) is 4.61. The second-order valence-corrected chi connectivity index (χ2v) is 5.16. The molecule has 2 heterocycles. The number of pyridine rings is 1. The van der Waals surface area contributed by atoms with E-state index in [0.717, 1.165) is 37.4 Å². The number of likely N-dealkylation sites (N-methyl/N-ethyl adjacent to an activating group) is 1. The molecule has 1 aromatic rings. The molecule has 0 atom stereocenters. The standard InChI is InChI=1S/C14H22N4O/c1-12-9-13(3-4-15-12)10-16-14(19)11-18-7-5-17(2)6-8-18/h3-4,9H,5-8,10-11H2,1-2H3,(H,16,19). The van der Waals surface area contributed by atoms with Crippen LogP contribution >= 0.6 is 0 Å². The highest BCUT2D eigenvalue weighted by Crippen LogP contribution is 2.01. The Bertz CT molecular complexity index is 427. The molecule has 1 aliphatic rings. The second-order valence-electron chi connectivity index (χ2n) is 5.16. The number of hydrogen-bond donors (Lipinski definition) is 1. The van der Waals surface area contributed by atoms with Crippen LogP contribution in [-0.4, -0.2) is 60.5 Å². The zero-order valence-corrected chi connectivity index (χ0v) is 11.7. The van der Waals surface area contributed by atoms with Gasteiger partial charge in [0.25, 0.3) is 0 Å². The summed E-state index contributed by atoms with van der Waals surface area (Å²) in [6, 6.07) is 3.93. The predicted molar refractivity (Wildman–Crippen MR) is 74.8 cm³/mol. The fraction of sp³-hybridized carbons (Fsp3) is 0.571. The molecule has 104 valence electrons. The summed E-state index contributed by atoms with van der Waals surface area (Å²) in [5, 5.41) is 2.96. The lowest BCUT2D eigenvalue weighted by Gasteiger charge is -2.31. The molecule has 1 aromatic heterocycles.